The van der Waals surface area contributed by atoms with Gasteiger partial charge >= 0.3 is 0 Å². The lowest BCUT2D eigenvalue weighted by atomic mass is 10.1. The Bertz CT molecular complexity index is 951. The summed E-state index contributed by atoms with van der Waals surface area (Å²) in [5, 5.41) is 14.2. The van der Waals surface area contributed by atoms with Crippen molar-refractivity contribution in [2.45, 2.75) is 13.3 Å². The Morgan fingerprint density at radius 3 is 2.68 bits per heavy atom. The van der Waals surface area contributed by atoms with Crippen LogP contribution in [0.25, 0.3) is 10.9 Å². The van der Waals surface area contributed by atoms with Gasteiger partial charge in [-0.05, 0) is 42.3 Å². The van der Waals surface area contributed by atoms with Crippen molar-refractivity contribution in [2.75, 3.05) is 12.4 Å². The van der Waals surface area contributed by atoms with Crippen LogP contribution in [0.15, 0.2) is 42.6 Å². The fraction of sp³-hybridized carbons (Fsp3) is 0.158. The molecule has 0 fully saturated rings. The van der Waals surface area contributed by atoms with Crippen molar-refractivity contribution >= 4 is 46.3 Å². The van der Waals surface area contributed by atoms with E-state index in [0.717, 1.165) is 28.7 Å². The highest BCUT2D eigenvalue weighted by atomic mass is 35.5. The Morgan fingerprint density at radius 1 is 1.24 bits per heavy atom. The first-order chi connectivity index (χ1) is 11.7. The van der Waals surface area contributed by atoms with Gasteiger partial charge in [-0.15, -0.1) is 12.4 Å². The molecule has 3 aromatic rings. The maximum atomic E-state index is 9.44. The predicted octanol–water partition coefficient (Wildman–Crippen LogP) is 5.50. The first-order valence-corrected chi connectivity index (χ1v) is 7.96. The largest absolute Gasteiger partial charge is 0.495 e. The molecule has 0 amide bonds. The van der Waals surface area contributed by atoms with Gasteiger partial charge in [0.2, 0.25) is 0 Å². The monoisotopic (exact) mass is 373 g/mol. The fourth-order valence-corrected chi connectivity index (χ4v) is 2.83. The van der Waals surface area contributed by atoms with Gasteiger partial charge in [0.05, 0.1) is 28.9 Å². The number of methoxy groups -OCH3 is 1. The first-order valence-electron chi connectivity index (χ1n) is 7.58. The number of hydrogen-bond donors (Lipinski definition) is 1. The second-order valence-electron chi connectivity index (χ2n) is 5.34. The van der Waals surface area contributed by atoms with E-state index in [2.05, 4.69) is 35.4 Å². The highest BCUT2D eigenvalue weighted by molar-refractivity contribution is 6.32. The maximum absolute atomic E-state index is 9.44. The van der Waals surface area contributed by atoms with E-state index >= 15 is 0 Å². The van der Waals surface area contributed by atoms with Crippen LogP contribution < -0.4 is 10.1 Å². The van der Waals surface area contributed by atoms with E-state index in [-0.39, 0.29) is 12.4 Å². The lowest BCUT2D eigenvalue weighted by Crippen LogP contribution is -1.98. The van der Waals surface area contributed by atoms with Crippen LogP contribution in [-0.4, -0.2) is 12.1 Å². The van der Waals surface area contributed by atoms with Crippen molar-refractivity contribution in [2.24, 2.45) is 0 Å². The number of hydrogen-bond acceptors (Lipinski definition) is 4. The molecule has 0 aliphatic heterocycles. The number of pyridine rings is 1. The third-order valence-electron chi connectivity index (χ3n) is 3.88. The fourth-order valence-electron chi connectivity index (χ4n) is 2.57. The molecule has 0 saturated carbocycles. The van der Waals surface area contributed by atoms with Crippen LogP contribution in [0.3, 0.4) is 0 Å². The summed E-state index contributed by atoms with van der Waals surface area (Å²) in [5.41, 5.74) is 4.04. The molecule has 0 atom stereocenters. The molecule has 0 radical (unpaired) electrons. The Kier molecular flexibility index (Phi) is 6.08. The average molecular weight is 374 g/mol. The van der Waals surface area contributed by atoms with Gasteiger partial charge in [0.25, 0.3) is 0 Å². The van der Waals surface area contributed by atoms with Gasteiger partial charge in [-0.3, -0.25) is 4.98 Å². The molecule has 6 heteroatoms. The Morgan fingerprint density at radius 2 is 2.04 bits per heavy atom. The second kappa shape index (κ2) is 8.06. The average Bonchev–Trinajstić information content (AvgIpc) is 2.61. The molecule has 0 unspecified atom stereocenters. The zero-order chi connectivity index (χ0) is 17.1. The lowest BCUT2D eigenvalue weighted by molar-refractivity contribution is 0.415. The van der Waals surface area contributed by atoms with Crippen LogP contribution >= 0.6 is 24.0 Å². The number of nitrogens with zero attached hydrogens (tertiary/aromatic N) is 2. The number of benzene rings is 2. The number of nitrogens with one attached hydrogen (secondary N) is 1. The van der Waals surface area contributed by atoms with Crippen LogP contribution in [0.5, 0.6) is 5.75 Å². The molecule has 2 aromatic carbocycles. The van der Waals surface area contributed by atoms with Crippen LogP contribution in [0.1, 0.15) is 18.1 Å². The number of aryl methyl sites for hydroxylation is 1. The molecule has 0 saturated heterocycles. The van der Waals surface area contributed by atoms with E-state index in [4.69, 9.17) is 16.3 Å². The minimum Gasteiger partial charge on any atom is -0.495 e. The maximum Gasteiger partial charge on any atom is 0.137 e. The van der Waals surface area contributed by atoms with Crippen molar-refractivity contribution in [3.63, 3.8) is 0 Å². The van der Waals surface area contributed by atoms with Gasteiger partial charge in [0, 0.05) is 17.3 Å². The predicted molar refractivity (Wildman–Crippen MR) is 104 cm³/mol. The summed E-state index contributed by atoms with van der Waals surface area (Å²) in [7, 11) is 1.57. The number of ether oxygens (including phenoxy) is 1. The molecule has 3 rings (SSSR count). The summed E-state index contributed by atoms with van der Waals surface area (Å²) >= 11 is 6.19. The van der Waals surface area contributed by atoms with Crippen LogP contribution in [0.2, 0.25) is 5.02 Å². The number of aromatic nitrogens is 1. The van der Waals surface area contributed by atoms with Gasteiger partial charge in [0.15, 0.2) is 0 Å². The van der Waals surface area contributed by atoms with Crippen molar-refractivity contribution < 1.29 is 4.74 Å². The van der Waals surface area contributed by atoms with E-state index in [9.17, 15) is 5.26 Å². The Labute approximate surface area is 157 Å². The SMILES string of the molecule is CCc1ccc2ncc(C#N)c(Nc3ccc(OC)c(Cl)c3)c2c1.Cl. The number of halogens is 2. The summed E-state index contributed by atoms with van der Waals surface area (Å²) in [6.07, 6.45) is 2.50. The van der Waals surface area contributed by atoms with Crippen molar-refractivity contribution in [3.05, 3.63) is 58.7 Å². The molecule has 1 heterocycles. The van der Waals surface area contributed by atoms with Crippen molar-refractivity contribution in [1.29, 1.82) is 5.26 Å². The number of anilines is 2. The number of rotatable bonds is 4. The molecule has 1 N–H and O–H groups in total. The van der Waals surface area contributed by atoms with E-state index in [1.165, 1.54) is 5.56 Å². The van der Waals surface area contributed by atoms with Gasteiger partial charge in [0.1, 0.15) is 11.8 Å². The van der Waals surface area contributed by atoms with Gasteiger partial charge < -0.3 is 10.1 Å². The standard InChI is InChI=1S/C19H16ClN3O.ClH/c1-3-12-4-6-17-15(8-12)19(13(10-21)11-22-17)23-14-5-7-18(24-2)16(20)9-14;/h4-9,11H,3H2,1-2H3,(H,22,23);1H. The highest BCUT2D eigenvalue weighted by Gasteiger charge is 2.11. The molecular formula is C19H17Cl2N3O. The number of fused-ring (bicyclic) bond motifs is 1. The van der Waals surface area contributed by atoms with E-state index in [0.29, 0.717) is 16.3 Å². The summed E-state index contributed by atoms with van der Waals surface area (Å²) in [5.74, 6) is 0.607. The van der Waals surface area contributed by atoms with Crippen molar-refractivity contribution in [1.82, 2.24) is 4.98 Å². The topological polar surface area (TPSA) is 57.9 Å². The van der Waals surface area contributed by atoms with Gasteiger partial charge in [-0.2, -0.15) is 5.26 Å². The van der Waals surface area contributed by atoms with E-state index in [1.807, 2.05) is 12.1 Å². The molecule has 25 heavy (non-hydrogen) atoms. The minimum atomic E-state index is 0. The lowest BCUT2D eigenvalue weighted by Gasteiger charge is -2.13. The van der Waals surface area contributed by atoms with Crippen LogP contribution in [0, 0.1) is 11.3 Å². The molecule has 4 nitrogen and oxygen atoms in total. The molecule has 0 spiro atoms. The summed E-state index contributed by atoms with van der Waals surface area (Å²) in [4.78, 5) is 4.37. The smallest absolute Gasteiger partial charge is 0.137 e. The highest BCUT2D eigenvalue weighted by Crippen LogP contribution is 2.33. The third kappa shape index (κ3) is 3.79. The van der Waals surface area contributed by atoms with Crippen molar-refractivity contribution in [3.8, 4) is 11.8 Å². The molecule has 0 bridgehead atoms. The Hall–Kier alpha value is -2.48. The first kappa shape index (κ1) is 18.9. The summed E-state index contributed by atoms with van der Waals surface area (Å²) < 4.78 is 5.17. The van der Waals surface area contributed by atoms with E-state index < -0.39 is 0 Å². The molecule has 128 valence electrons. The van der Waals surface area contributed by atoms with Gasteiger partial charge in [-0.25, -0.2) is 0 Å². The molecule has 0 aliphatic rings. The van der Waals surface area contributed by atoms with Crippen LogP contribution in [-0.2, 0) is 6.42 Å². The minimum absolute atomic E-state index is 0. The molecular weight excluding hydrogens is 357 g/mol. The van der Waals surface area contributed by atoms with Crippen LogP contribution in [0.4, 0.5) is 11.4 Å². The summed E-state index contributed by atoms with van der Waals surface area (Å²) in [6, 6.07) is 13.7. The normalized spacial score (nSPS) is 10.0. The van der Waals surface area contributed by atoms with E-state index in [1.54, 1.807) is 25.4 Å². The molecule has 0 aliphatic carbocycles. The zero-order valence-electron chi connectivity index (χ0n) is 13.8. The summed E-state index contributed by atoms with van der Waals surface area (Å²) in [6.45, 7) is 2.10. The molecule has 1 aromatic heterocycles. The third-order valence-corrected chi connectivity index (χ3v) is 4.18. The number of nitriles is 1. The quantitative estimate of drug-likeness (QED) is 0.656. The Balaban J connectivity index is 0.00000225. The second-order valence-corrected chi connectivity index (χ2v) is 5.75. The zero-order valence-corrected chi connectivity index (χ0v) is 15.4. The van der Waals surface area contributed by atoms with Gasteiger partial charge in [-0.1, -0.05) is 24.6 Å².